The average Bonchev–Trinajstić information content (AvgIpc) is 3.25. The molecule has 0 spiro atoms. The summed E-state index contributed by atoms with van der Waals surface area (Å²) in [7, 11) is 1.39. The Bertz CT molecular complexity index is 806. The number of fused-ring (bicyclic) bond motifs is 1. The van der Waals surface area contributed by atoms with Crippen molar-refractivity contribution in [3.05, 3.63) is 37.9 Å². The molecule has 4 nitrogen and oxygen atoms in total. The molecule has 140 valence electrons. The fourth-order valence-electron chi connectivity index (χ4n) is 3.46. The van der Waals surface area contributed by atoms with Gasteiger partial charge >= 0.3 is 5.97 Å². The highest BCUT2D eigenvalue weighted by Gasteiger charge is 2.29. The molecule has 26 heavy (non-hydrogen) atoms. The van der Waals surface area contributed by atoms with E-state index in [2.05, 4.69) is 19.2 Å². The molecule has 1 atom stereocenters. The minimum Gasteiger partial charge on any atom is -0.465 e. The smallest absolute Gasteiger partial charge is 0.341 e. The van der Waals surface area contributed by atoms with Crippen LogP contribution in [0.1, 0.15) is 69.1 Å². The molecule has 2 heterocycles. The van der Waals surface area contributed by atoms with Crippen LogP contribution in [-0.4, -0.2) is 19.0 Å². The summed E-state index contributed by atoms with van der Waals surface area (Å²) < 4.78 is 5.00. The molecule has 1 aliphatic rings. The van der Waals surface area contributed by atoms with Crippen LogP contribution in [0.4, 0.5) is 5.00 Å². The summed E-state index contributed by atoms with van der Waals surface area (Å²) in [6.07, 6.45) is 6.13. The molecule has 0 fully saturated rings. The van der Waals surface area contributed by atoms with E-state index in [-0.39, 0.29) is 11.9 Å². The van der Waals surface area contributed by atoms with Gasteiger partial charge in [0.05, 0.1) is 18.2 Å². The first-order valence-electron chi connectivity index (χ1n) is 9.18. The molecule has 1 amide bonds. The normalized spacial score (nSPS) is 16.2. The number of hydrogen-bond donors (Lipinski definition) is 1. The van der Waals surface area contributed by atoms with Crippen LogP contribution in [0, 0.1) is 5.92 Å². The van der Waals surface area contributed by atoms with Gasteiger partial charge in [0.2, 0.25) is 0 Å². The lowest BCUT2D eigenvalue weighted by atomic mass is 9.85. The van der Waals surface area contributed by atoms with Gasteiger partial charge in [-0.2, -0.15) is 0 Å². The van der Waals surface area contributed by atoms with Crippen LogP contribution < -0.4 is 5.32 Å². The van der Waals surface area contributed by atoms with Crippen molar-refractivity contribution in [3.63, 3.8) is 0 Å². The van der Waals surface area contributed by atoms with Crippen LogP contribution in [-0.2, 0) is 24.0 Å². The maximum Gasteiger partial charge on any atom is 0.341 e. The van der Waals surface area contributed by atoms with Gasteiger partial charge in [-0.15, -0.1) is 22.7 Å². The van der Waals surface area contributed by atoms with Crippen molar-refractivity contribution in [1.82, 2.24) is 0 Å². The maximum atomic E-state index is 12.7. The summed E-state index contributed by atoms with van der Waals surface area (Å²) in [6.45, 7) is 4.33. The molecule has 6 heteroatoms. The van der Waals surface area contributed by atoms with Gasteiger partial charge in [-0.3, -0.25) is 4.79 Å². The fraction of sp³-hybridized carbons (Fsp3) is 0.500. The van der Waals surface area contributed by atoms with Crippen LogP contribution in [0.15, 0.2) is 11.4 Å². The van der Waals surface area contributed by atoms with Crippen LogP contribution in [0.25, 0.3) is 0 Å². The molecule has 1 unspecified atom stereocenters. The van der Waals surface area contributed by atoms with Crippen LogP contribution in [0.3, 0.4) is 0 Å². The predicted octanol–water partition coefficient (Wildman–Crippen LogP) is 5.32. The van der Waals surface area contributed by atoms with E-state index < -0.39 is 0 Å². The molecule has 0 bridgehead atoms. The largest absolute Gasteiger partial charge is 0.465 e. The Hall–Kier alpha value is -1.66. The van der Waals surface area contributed by atoms with Crippen molar-refractivity contribution in [2.24, 2.45) is 5.92 Å². The third-order valence-corrected chi connectivity index (χ3v) is 7.14. The first-order valence-corrected chi connectivity index (χ1v) is 10.9. The lowest BCUT2D eigenvalue weighted by Gasteiger charge is -2.20. The second kappa shape index (κ2) is 8.35. The van der Waals surface area contributed by atoms with Gasteiger partial charge in [0.1, 0.15) is 5.00 Å². The Morgan fingerprint density at radius 2 is 2.15 bits per heavy atom. The number of esters is 1. The molecule has 3 rings (SSSR count). The number of aryl methyl sites for hydroxylation is 1. The van der Waals surface area contributed by atoms with E-state index in [9.17, 15) is 9.59 Å². The minimum atomic E-state index is -0.357. The molecule has 2 aromatic heterocycles. The van der Waals surface area contributed by atoms with Gasteiger partial charge in [0.15, 0.2) is 0 Å². The summed E-state index contributed by atoms with van der Waals surface area (Å²) in [5.74, 6) is 0.146. The average molecular weight is 392 g/mol. The number of ether oxygens (including phenoxy) is 1. The second-order valence-corrected chi connectivity index (χ2v) is 8.82. The Balaban J connectivity index is 1.87. The summed E-state index contributed by atoms with van der Waals surface area (Å²) in [5.41, 5.74) is 2.28. The second-order valence-electron chi connectivity index (χ2n) is 6.72. The molecule has 1 N–H and O–H groups in total. The molecule has 0 saturated heterocycles. The zero-order valence-corrected chi connectivity index (χ0v) is 17.1. The van der Waals surface area contributed by atoms with Crippen molar-refractivity contribution < 1.29 is 14.3 Å². The number of carbonyl (C=O) groups is 2. The molecule has 0 aliphatic heterocycles. The number of hydrogen-bond acceptors (Lipinski definition) is 5. The van der Waals surface area contributed by atoms with Gasteiger partial charge in [-0.25, -0.2) is 4.79 Å². The van der Waals surface area contributed by atoms with Gasteiger partial charge in [-0.05, 0) is 43.2 Å². The summed E-state index contributed by atoms with van der Waals surface area (Å²) in [6, 6.07) is 1.95. The van der Waals surface area contributed by atoms with Gasteiger partial charge in [0, 0.05) is 15.1 Å². The van der Waals surface area contributed by atoms with Crippen LogP contribution >= 0.6 is 22.7 Å². The standard InChI is InChI=1S/C20H25NO3S2/c1-4-6-14-10-13(11-25-14)18(22)21-19-17(20(23)24-3)15-8-7-12(5-2)9-16(15)26-19/h10-12H,4-9H2,1-3H3,(H,21,22). The quantitative estimate of drug-likeness (QED) is 0.678. The highest BCUT2D eigenvalue weighted by Crippen LogP contribution is 2.41. The van der Waals surface area contributed by atoms with Gasteiger partial charge < -0.3 is 10.1 Å². The minimum absolute atomic E-state index is 0.153. The molecule has 0 saturated carbocycles. The molecular formula is C20H25NO3S2. The van der Waals surface area contributed by atoms with E-state index in [0.717, 1.165) is 44.1 Å². The molecule has 1 aliphatic carbocycles. The molecular weight excluding hydrogens is 366 g/mol. The van der Waals surface area contributed by atoms with Crippen molar-refractivity contribution in [2.75, 3.05) is 12.4 Å². The number of rotatable bonds is 6. The number of nitrogens with one attached hydrogen (secondary N) is 1. The topological polar surface area (TPSA) is 55.4 Å². The van der Waals surface area contributed by atoms with E-state index in [1.54, 1.807) is 11.3 Å². The van der Waals surface area contributed by atoms with Crippen LogP contribution in [0.2, 0.25) is 0 Å². The Labute approximate surface area is 162 Å². The SMILES string of the molecule is CCCc1cc(C(=O)Nc2sc3c(c2C(=O)OC)CCC(CC)C3)cs1. The Morgan fingerprint density at radius 1 is 1.35 bits per heavy atom. The van der Waals surface area contributed by atoms with E-state index in [0.29, 0.717) is 22.0 Å². The van der Waals surface area contributed by atoms with Gasteiger partial charge in [-0.1, -0.05) is 26.7 Å². The Morgan fingerprint density at radius 3 is 2.85 bits per heavy atom. The number of thiophene rings is 2. The summed E-state index contributed by atoms with van der Waals surface area (Å²) in [5, 5.41) is 5.49. The van der Waals surface area contributed by atoms with Crippen LogP contribution in [0.5, 0.6) is 0 Å². The number of methoxy groups -OCH3 is 1. The van der Waals surface area contributed by atoms with Crippen molar-refractivity contribution in [1.29, 1.82) is 0 Å². The number of amides is 1. The first-order chi connectivity index (χ1) is 12.6. The van der Waals surface area contributed by atoms with E-state index in [1.165, 1.54) is 28.2 Å². The zero-order chi connectivity index (χ0) is 18.7. The van der Waals surface area contributed by atoms with Crippen molar-refractivity contribution >= 4 is 39.6 Å². The highest BCUT2D eigenvalue weighted by atomic mass is 32.1. The molecule has 0 radical (unpaired) electrons. The lowest BCUT2D eigenvalue weighted by molar-refractivity contribution is 0.0601. The zero-order valence-electron chi connectivity index (χ0n) is 15.5. The van der Waals surface area contributed by atoms with Crippen molar-refractivity contribution in [2.45, 2.75) is 52.4 Å². The third kappa shape index (κ3) is 3.86. The number of carbonyl (C=O) groups excluding carboxylic acids is 2. The summed E-state index contributed by atoms with van der Waals surface area (Å²) >= 11 is 3.15. The van der Waals surface area contributed by atoms with Crippen molar-refractivity contribution in [3.8, 4) is 0 Å². The lowest BCUT2D eigenvalue weighted by Crippen LogP contribution is -2.16. The fourth-order valence-corrected chi connectivity index (χ4v) is 5.78. The first kappa shape index (κ1) is 19.1. The Kier molecular flexibility index (Phi) is 6.14. The summed E-state index contributed by atoms with van der Waals surface area (Å²) in [4.78, 5) is 27.5. The maximum absolute atomic E-state index is 12.7. The molecule has 0 aromatic carbocycles. The van der Waals surface area contributed by atoms with Gasteiger partial charge in [0.25, 0.3) is 5.91 Å². The highest BCUT2D eigenvalue weighted by molar-refractivity contribution is 7.17. The predicted molar refractivity (Wildman–Crippen MR) is 108 cm³/mol. The number of anilines is 1. The third-order valence-electron chi connectivity index (χ3n) is 4.97. The van der Waals surface area contributed by atoms with E-state index in [4.69, 9.17) is 4.74 Å². The monoisotopic (exact) mass is 391 g/mol. The molecule has 2 aromatic rings. The van der Waals surface area contributed by atoms with E-state index >= 15 is 0 Å². The van der Waals surface area contributed by atoms with E-state index in [1.807, 2.05) is 11.4 Å².